The number of carbonyl (C=O) groups is 2. The normalized spacial score (nSPS) is 10.6. The first kappa shape index (κ1) is 22.0. The van der Waals surface area contributed by atoms with Gasteiger partial charge in [-0.15, -0.1) is 0 Å². The van der Waals surface area contributed by atoms with E-state index >= 15 is 0 Å². The fourth-order valence-electron chi connectivity index (χ4n) is 2.93. The van der Waals surface area contributed by atoms with Crippen LogP contribution >= 0.6 is 11.8 Å². The van der Waals surface area contributed by atoms with Gasteiger partial charge in [0.05, 0.1) is 5.75 Å². The van der Waals surface area contributed by atoms with Crippen LogP contribution in [0.3, 0.4) is 0 Å². The van der Waals surface area contributed by atoms with E-state index in [1.165, 1.54) is 29.5 Å². The van der Waals surface area contributed by atoms with Crippen molar-refractivity contribution in [2.24, 2.45) is 0 Å². The van der Waals surface area contributed by atoms with E-state index in [0.29, 0.717) is 25.1 Å². The van der Waals surface area contributed by atoms with Crippen LogP contribution in [0.5, 0.6) is 0 Å². The lowest BCUT2D eigenvalue weighted by atomic mass is 10.0. The molecule has 0 unspecified atom stereocenters. The first-order valence-electron chi connectivity index (χ1n) is 9.31. The van der Waals surface area contributed by atoms with Gasteiger partial charge in [0.1, 0.15) is 5.82 Å². The standard InChI is InChI=1S/C22H27FN2O2S/c1-15-11-16(2)22(17(3)12-15)25-20(26)5-4-10-28-14-21(27)24-13-18-6-8-19(23)9-7-18/h6-9,11-12H,4-5,10,13-14H2,1-3H3,(H,24,27)(H,25,26). The average molecular weight is 403 g/mol. The van der Waals surface area contributed by atoms with Crippen molar-refractivity contribution in [3.8, 4) is 0 Å². The van der Waals surface area contributed by atoms with Gasteiger partial charge >= 0.3 is 0 Å². The Balaban J connectivity index is 1.61. The molecule has 2 N–H and O–H groups in total. The Bertz CT molecular complexity index is 799. The van der Waals surface area contributed by atoms with Crippen molar-refractivity contribution in [2.45, 2.75) is 40.2 Å². The van der Waals surface area contributed by atoms with E-state index in [-0.39, 0.29) is 17.6 Å². The molecule has 0 saturated carbocycles. The van der Waals surface area contributed by atoms with Crippen molar-refractivity contribution >= 4 is 29.3 Å². The summed E-state index contributed by atoms with van der Waals surface area (Å²) in [6.07, 6.45) is 1.14. The van der Waals surface area contributed by atoms with Crippen molar-refractivity contribution in [1.29, 1.82) is 0 Å². The third kappa shape index (κ3) is 7.35. The minimum Gasteiger partial charge on any atom is -0.351 e. The number of amides is 2. The Hall–Kier alpha value is -2.34. The Morgan fingerprint density at radius 3 is 2.29 bits per heavy atom. The van der Waals surface area contributed by atoms with E-state index < -0.39 is 0 Å². The molecule has 4 nitrogen and oxygen atoms in total. The zero-order valence-corrected chi connectivity index (χ0v) is 17.4. The van der Waals surface area contributed by atoms with Gasteiger partial charge in [0.25, 0.3) is 0 Å². The number of thioether (sulfide) groups is 1. The molecule has 0 saturated heterocycles. The van der Waals surface area contributed by atoms with E-state index in [0.717, 1.165) is 28.1 Å². The summed E-state index contributed by atoms with van der Waals surface area (Å²) in [5.41, 5.74) is 5.07. The maximum atomic E-state index is 12.8. The number of carbonyl (C=O) groups excluding carboxylic acids is 2. The second kappa shape index (κ2) is 10.9. The lowest BCUT2D eigenvalue weighted by Crippen LogP contribution is -2.24. The van der Waals surface area contributed by atoms with Crippen LogP contribution in [0.25, 0.3) is 0 Å². The predicted octanol–water partition coefficient (Wildman–Crippen LogP) is 4.52. The number of benzene rings is 2. The zero-order chi connectivity index (χ0) is 20.5. The number of aryl methyl sites for hydroxylation is 3. The highest BCUT2D eigenvalue weighted by molar-refractivity contribution is 7.99. The van der Waals surface area contributed by atoms with Crippen molar-refractivity contribution in [2.75, 3.05) is 16.8 Å². The summed E-state index contributed by atoms with van der Waals surface area (Å²) >= 11 is 1.50. The summed E-state index contributed by atoms with van der Waals surface area (Å²) < 4.78 is 12.8. The molecule has 6 heteroatoms. The number of halogens is 1. The fourth-order valence-corrected chi connectivity index (χ4v) is 3.71. The molecule has 0 radical (unpaired) electrons. The SMILES string of the molecule is Cc1cc(C)c(NC(=O)CCCSCC(=O)NCc2ccc(F)cc2)c(C)c1. The van der Waals surface area contributed by atoms with E-state index in [2.05, 4.69) is 22.8 Å². The minimum atomic E-state index is -0.289. The van der Waals surface area contributed by atoms with Crippen molar-refractivity contribution < 1.29 is 14.0 Å². The lowest BCUT2D eigenvalue weighted by molar-refractivity contribution is -0.118. The highest BCUT2D eigenvalue weighted by atomic mass is 32.2. The molecule has 0 aliphatic heterocycles. The Kier molecular flexibility index (Phi) is 8.51. The zero-order valence-electron chi connectivity index (χ0n) is 16.6. The Labute approximate surface area is 170 Å². The smallest absolute Gasteiger partial charge is 0.230 e. The molecule has 150 valence electrons. The molecule has 2 aromatic carbocycles. The van der Waals surface area contributed by atoms with Crippen LogP contribution in [0.2, 0.25) is 0 Å². The van der Waals surface area contributed by atoms with Gasteiger partial charge in [-0.2, -0.15) is 11.8 Å². The minimum absolute atomic E-state index is 0.00332. The van der Waals surface area contributed by atoms with E-state index in [1.54, 1.807) is 12.1 Å². The first-order valence-corrected chi connectivity index (χ1v) is 10.5. The molecular weight excluding hydrogens is 375 g/mol. The van der Waals surface area contributed by atoms with Crippen LogP contribution in [0, 0.1) is 26.6 Å². The van der Waals surface area contributed by atoms with Gasteiger partial charge in [0.2, 0.25) is 11.8 Å². The molecule has 2 amide bonds. The molecule has 0 heterocycles. The summed E-state index contributed by atoms with van der Waals surface area (Å²) in [6, 6.07) is 10.2. The Morgan fingerprint density at radius 1 is 1.00 bits per heavy atom. The van der Waals surface area contributed by atoms with E-state index in [4.69, 9.17) is 0 Å². The maximum Gasteiger partial charge on any atom is 0.230 e. The number of hydrogen-bond donors (Lipinski definition) is 2. The molecule has 0 bridgehead atoms. The quantitative estimate of drug-likeness (QED) is 0.607. The van der Waals surface area contributed by atoms with Crippen LogP contribution in [0.15, 0.2) is 36.4 Å². The van der Waals surface area contributed by atoms with Gasteiger partial charge in [-0.05, 0) is 61.8 Å². The van der Waals surface area contributed by atoms with Crippen LogP contribution in [-0.4, -0.2) is 23.3 Å². The van der Waals surface area contributed by atoms with Gasteiger partial charge in [0.15, 0.2) is 0 Å². The molecule has 2 rings (SSSR count). The van der Waals surface area contributed by atoms with Gasteiger partial charge in [-0.25, -0.2) is 4.39 Å². The number of hydrogen-bond acceptors (Lipinski definition) is 3. The summed E-state index contributed by atoms with van der Waals surface area (Å²) in [5, 5.41) is 5.80. The topological polar surface area (TPSA) is 58.2 Å². The van der Waals surface area contributed by atoms with Crippen molar-refractivity contribution in [3.63, 3.8) is 0 Å². The largest absolute Gasteiger partial charge is 0.351 e. The highest BCUT2D eigenvalue weighted by Crippen LogP contribution is 2.22. The molecule has 0 aliphatic carbocycles. The lowest BCUT2D eigenvalue weighted by Gasteiger charge is -2.12. The summed E-state index contributed by atoms with van der Waals surface area (Å²) in [4.78, 5) is 24.0. The number of anilines is 1. The second-order valence-electron chi connectivity index (χ2n) is 6.88. The maximum absolute atomic E-state index is 12.8. The predicted molar refractivity (Wildman–Crippen MR) is 114 cm³/mol. The molecule has 0 atom stereocenters. The van der Waals surface area contributed by atoms with E-state index in [1.807, 2.05) is 20.8 Å². The number of nitrogens with one attached hydrogen (secondary N) is 2. The van der Waals surface area contributed by atoms with Gasteiger partial charge in [-0.3, -0.25) is 9.59 Å². The second-order valence-corrected chi connectivity index (χ2v) is 7.99. The van der Waals surface area contributed by atoms with Gasteiger partial charge in [-0.1, -0.05) is 29.8 Å². The Morgan fingerprint density at radius 2 is 1.64 bits per heavy atom. The van der Waals surface area contributed by atoms with Crippen LogP contribution in [-0.2, 0) is 16.1 Å². The third-order valence-corrected chi connectivity index (χ3v) is 5.31. The summed E-state index contributed by atoms with van der Waals surface area (Å²) in [6.45, 7) is 6.42. The molecule has 2 aromatic rings. The molecule has 0 aliphatic rings. The summed E-state index contributed by atoms with van der Waals surface area (Å²) in [7, 11) is 0. The average Bonchev–Trinajstić information content (AvgIpc) is 2.64. The summed E-state index contributed by atoms with van der Waals surface area (Å²) in [5.74, 6) is 0.728. The first-order chi connectivity index (χ1) is 13.3. The van der Waals surface area contributed by atoms with Crippen LogP contribution in [0.4, 0.5) is 10.1 Å². The fraction of sp³-hybridized carbons (Fsp3) is 0.364. The van der Waals surface area contributed by atoms with Gasteiger partial charge in [0, 0.05) is 18.7 Å². The third-order valence-electron chi connectivity index (χ3n) is 4.27. The molecular formula is C22H27FN2O2S. The molecule has 0 aromatic heterocycles. The molecule has 28 heavy (non-hydrogen) atoms. The molecule has 0 spiro atoms. The van der Waals surface area contributed by atoms with E-state index in [9.17, 15) is 14.0 Å². The van der Waals surface area contributed by atoms with Crippen molar-refractivity contribution in [1.82, 2.24) is 5.32 Å². The highest BCUT2D eigenvalue weighted by Gasteiger charge is 2.08. The molecule has 0 fully saturated rings. The van der Waals surface area contributed by atoms with Crippen LogP contribution in [0.1, 0.15) is 35.1 Å². The van der Waals surface area contributed by atoms with Crippen LogP contribution < -0.4 is 10.6 Å². The van der Waals surface area contributed by atoms with Gasteiger partial charge < -0.3 is 10.6 Å². The monoisotopic (exact) mass is 402 g/mol. The van der Waals surface area contributed by atoms with Crippen molar-refractivity contribution in [3.05, 3.63) is 64.5 Å². The number of rotatable bonds is 9.